The van der Waals surface area contributed by atoms with Gasteiger partial charge in [-0.1, -0.05) is 12.1 Å². The van der Waals surface area contributed by atoms with E-state index in [4.69, 9.17) is 5.73 Å². The molecule has 0 bridgehead atoms. The second-order valence-electron chi connectivity index (χ2n) is 4.90. The third-order valence-electron chi connectivity index (χ3n) is 3.67. The standard InChI is InChI=1S/C15H24N2O/c1-11-5-6-14(13(3)12(11)2)8-10-17(4)15(18)7-9-16/h5-6H,7-10,16H2,1-4H3. The van der Waals surface area contributed by atoms with Crippen LogP contribution < -0.4 is 5.73 Å². The molecule has 0 unspecified atom stereocenters. The summed E-state index contributed by atoms with van der Waals surface area (Å²) >= 11 is 0. The highest BCUT2D eigenvalue weighted by Crippen LogP contribution is 2.17. The van der Waals surface area contributed by atoms with Crippen molar-refractivity contribution in [3.05, 3.63) is 34.4 Å². The molecule has 0 aliphatic heterocycles. The molecule has 18 heavy (non-hydrogen) atoms. The van der Waals surface area contributed by atoms with Crippen LogP contribution >= 0.6 is 0 Å². The minimum atomic E-state index is 0.124. The lowest BCUT2D eigenvalue weighted by molar-refractivity contribution is -0.129. The zero-order valence-electron chi connectivity index (χ0n) is 11.9. The molecule has 100 valence electrons. The maximum Gasteiger partial charge on any atom is 0.223 e. The van der Waals surface area contributed by atoms with Crippen molar-refractivity contribution in [3.63, 3.8) is 0 Å². The summed E-state index contributed by atoms with van der Waals surface area (Å²) in [6, 6.07) is 4.32. The predicted molar refractivity (Wildman–Crippen MR) is 75.7 cm³/mol. The molecule has 0 fully saturated rings. The number of carbonyl (C=O) groups excluding carboxylic acids is 1. The number of rotatable bonds is 5. The molecule has 0 aromatic heterocycles. The summed E-state index contributed by atoms with van der Waals surface area (Å²) in [6.45, 7) is 7.61. The van der Waals surface area contributed by atoms with E-state index in [1.54, 1.807) is 4.90 Å². The fourth-order valence-electron chi connectivity index (χ4n) is 2.01. The average molecular weight is 248 g/mol. The fourth-order valence-corrected chi connectivity index (χ4v) is 2.01. The van der Waals surface area contributed by atoms with Gasteiger partial charge < -0.3 is 10.6 Å². The Morgan fingerprint density at radius 2 is 1.89 bits per heavy atom. The van der Waals surface area contributed by atoms with Crippen molar-refractivity contribution in [2.45, 2.75) is 33.6 Å². The molecule has 0 aliphatic rings. The average Bonchev–Trinajstić information content (AvgIpc) is 2.35. The summed E-state index contributed by atoms with van der Waals surface area (Å²) in [5.74, 6) is 0.124. The highest BCUT2D eigenvalue weighted by molar-refractivity contribution is 5.76. The van der Waals surface area contributed by atoms with Crippen molar-refractivity contribution in [1.82, 2.24) is 4.90 Å². The second kappa shape index (κ2) is 6.55. The van der Waals surface area contributed by atoms with Gasteiger partial charge in [0.25, 0.3) is 0 Å². The fraction of sp³-hybridized carbons (Fsp3) is 0.533. The van der Waals surface area contributed by atoms with Gasteiger partial charge in [0.1, 0.15) is 0 Å². The van der Waals surface area contributed by atoms with Gasteiger partial charge >= 0.3 is 0 Å². The number of hydrogen-bond donors (Lipinski definition) is 1. The van der Waals surface area contributed by atoms with E-state index in [9.17, 15) is 4.79 Å². The minimum Gasteiger partial charge on any atom is -0.345 e. The van der Waals surface area contributed by atoms with E-state index in [1.807, 2.05) is 7.05 Å². The summed E-state index contributed by atoms with van der Waals surface area (Å²) in [4.78, 5) is 13.4. The van der Waals surface area contributed by atoms with Crippen molar-refractivity contribution in [2.24, 2.45) is 5.73 Å². The van der Waals surface area contributed by atoms with E-state index < -0.39 is 0 Å². The van der Waals surface area contributed by atoms with E-state index >= 15 is 0 Å². The van der Waals surface area contributed by atoms with Gasteiger partial charge in [-0.3, -0.25) is 4.79 Å². The maximum atomic E-state index is 11.6. The number of nitrogens with two attached hydrogens (primary N) is 1. The molecule has 0 saturated carbocycles. The molecule has 2 N–H and O–H groups in total. The van der Waals surface area contributed by atoms with Crippen LogP contribution in [-0.4, -0.2) is 30.9 Å². The maximum absolute atomic E-state index is 11.6. The molecule has 0 heterocycles. The first-order valence-corrected chi connectivity index (χ1v) is 6.47. The van der Waals surface area contributed by atoms with Crippen LogP contribution in [-0.2, 0) is 11.2 Å². The third-order valence-corrected chi connectivity index (χ3v) is 3.67. The van der Waals surface area contributed by atoms with Crippen LogP contribution in [0.2, 0.25) is 0 Å². The Labute approximate surface area is 110 Å². The molecule has 0 spiro atoms. The quantitative estimate of drug-likeness (QED) is 0.866. The summed E-state index contributed by atoms with van der Waals surface area (Å²) in [7, 11) is 1.84. The number of hydrogen-bond acceptors (Lipinski definition) is 2. The molecular weight excluding hydrogens is 224 g/mol. The second-order valence-corrected chi connectivity index (χ2v) is 4.90. The number of aryl methyl sites for hydroxylation is 1. The van der Waals surface area contributed by atoms with Gasteiger partial charge in [0.15, 0.2) is 0 Å². The Hall–Kier alpha value is -1.35. The largest absolute Gasteiger partial charge is 0.345 e. The number of benzene rings is 1. The van der Waals surface area contributed by atoms with Gasteiger partial charge in [0, 0.05) is 26.6 Å². The zero-order chi connectivity index (χ0) is 13.7. The first-order chi connectivity index (χ1) is 8.47. The number of amides is 1. The number of carbonyl (C=O) groups is 1. The van der Waals surface area contributed by atoms with Crippen LogP contribution in [0.25, 0.3) is 0 Å². The van der Waals surface area contributed by atoms with Crippen LogP contribution in [0.3, 0.4) is 0 Å². The van der Waals surface area contributed by atoms with Gasteiger partial charge in [-0.25, -0.2) is 0 Å². The molecule has 3 nitrogen and oxygen atoms in total. The molecular formula is C15H24N2O. The van der Waals surface area contributed by atoms with E-state index in [-0.39, 0.29) is 5.91 Å². The highest BCUT2D eigenvalue weighted by Gasteiger charge is 2.09. The molecule has 1 aromatic carbocycles. The van der Waals surface area contributed by atoms with E-state index in [0.717, 1.165) is 13.0 Å². The summed E-state index contributed by atoms with van der Waals surface area (Å²) < 4.78 is 0. The molecule has 0 atom stereocenters. The Bertz CT molecular complexity index is 427. The Balaban J connectivity index is 2.64. The minimum absolute atomic E-state index is 0.124. The molecule has 1 rings (SSSR count). The van der Waals surface area contributed by atoms with Crippen LogP contribution in [0.4, 0.5) is 0 Å². The lowest BCUT2D eigenvalue weighted by Crippen LogP contribution is -2.30. The summed E-state index contributed by atoms with van der Waals surface area (Å²) in [5, 5.41) is 0. The smallest absolute Gasteiger partial charge is 0.223 e. The summed E-state index contributed by atoms with van der Waals surface area (Å²) in [6.07, 6.45) is 1.34. The van der Waals surface area contributed by atoms with Gasteiger partial charge in [-0.2, -0.15) is 0 Å². The van der Waals surface area contributed by atoms with Crippen LogP contribution in [0.15, 0.2) is 12.1 Å². The van der Waals surface area contributed by atoms with Crippen molar-refractivity contribution in [3.8, 4) is 0 Å². The lowest BCUT2D eigenvalue weighted by Gasteiger charge is -2.18. The number of nitrogens with zero attached hydrogens (tertiary/aromatic N) is 1. The topological polar surface area (TPSA) is 46.3 Å². The van der Waals surface area contributed by atoms with E-state index in [0.29, 0.717) is 13.0 Å². The van der Waals surface area contributed by atoms with Gasteiger partial charge in [-0.05, 0) is 49.4 Å². The van der Waals surface area contributed by atoms with E-state index in [2.05, 4.69) is 32.9 Å². The van der Waals surface area contributed by atoms with Crippen LogP contribution in [0.1, 0.15) is 28.7 Å². The van der Waals surface area contributed by atoms with Crippen molar-refractivity contribution < 1.29 is 4.79 Å². The first kappa shape index (κ1) is 14.7. The molecule has 0 aliphatic carbocycles. The molecule has 1 aromatic rings. The van der Waals surface area contributed by atoms with Crippen LogP contribution in [0, 0.1) is 20.8 Å². The highest BCUT2D eigenvalue weighted by atomic mass is 16.2. The molecule has 3 heteroatoms. The Kier molecular flexibility index (Phi) is 5.35. The van der Waals surface area contributed by atoms with E-state index in [1.165, 1.54) is 22.3 Å². The van der Waals surface area contributed by atoms with Gasteiger partial charge in [-0.15, -0.1) is 0 Å². The Morgan fingerprint density at radius 1 is 1.22 bits per heavy atom. The predicted octanol–water partition coefficient (Wildman–Crippen LogP) is 1.96. The molecule has 0 radical (unpaired) electrons. The lowest BCUT2D eigenvalue weighted by atomic mass is 9.97. The van der Waals surface area contributed by atoms with Crippen molar-refractivity contribution in [1.29, 1.82) is 0 Å². The van der Waals surface area contributed by atoms with Crippen molar-refractivity contribution in [2.75, 3.05) is 20.1 Å². The van der Waals surface area contributed by atoms with Crippen molar-refractivity contribution >= 4 is 5.91 Å². The normalized spacial score (nSPS) is 10.5. The third kappa shape index (κ3) is 3.57. The van der Waals surface area contributed by atoms with Crippen LogP contribution in [0.5, 0.6) is 0 Å². The number of likely N-dealkylation sites (N-methyl/N-ethyl adjacent to an activating group) is 1. The summed E-state index contributed by atoms with van der Waals surface area (Å²) in [5.41, 5.74) is 10.7. The molecule has 1 amide bonds. The monoisotopic (exact) mass is 248 g/mol. The SMILES string of the molecule is Cc1ccc(CCN(C)C(=O)CCN)c(C)c1C. The zero-order valence-corrected chi connectivity index (χ0v) is 11.9. The molecule has 0 saturated heterocycles. The van der Waals surface area contributed by atoms with Gasteiger partial charge in [0.2, 0.25) is 5.91 Å². The first-order valence-electron chi connectivity index (χ1n) is 6.47. The van der Waals surface area contributed by atoms with Gasteiger partial charge in [0.05, 0.1) is 0 Å². The Morgan fingerprint density at radius 3 is 2.50 bits per heavy atom.